The third-order valence-corrected chi connectivity index (χ3v) is 4.59. The van der Waals surface area contributed by atoms with E-state index in [1.54, 1.807) is 41.3 Å². The van der Waals surface area contributed by atoms with Crippen LogP contribution in [0.5, 0.6) is 0 Å². The summed E-state index contributed by atoms with van der Waals surface area (Å²) in [4.78, 5) is 13.3. The van der Waals surface area contributed by atoms with Gasteiger partial charge in [0, 0.05) is 6.54 Å². The predicted octanol–water partition coefficient (Wildman–Crippen LogP) is 4.34. The smallest absolute Gasteiger partial charge is 0.416 e. The summed E-state index contributed by atoms with van der Waals surface area (Å²) in [7, 11) is 0. The van der Waals surface area contributed by atoms with Crippen LogP contribution >= 0.6 is 0 Å². The van der Waals surface area contributed by atoms with Crippen molar-refractivity contribution in [2.75, 3.05) is 6.54 Å². The molecule has 0 amide bonds. The van der Waals surface area contributed by atoms with Crippen molar-refractivity contribution in [3.63, 3.8) is 0 Å². The first-order valence-electron chi connectivity index (χ1n) is 8.09. The van der Waals surface area contributed by atoms with Crippen molar-refractivity contribution < 1.29 is 23.1 Å². The highest BCUT2D eigenvalue weighted by Crippen LogP contribution is 2.41. The van der Waals surface area contributed by atoms with Gasteiger partial charge in [0.25, 0.3) is 0 Å². The number of hydrogen-bond donors (Lipinski definition) is 1. The zero-order valence-electron chi connectivity index (χ0n) is 13.4. The molecular formula is C19H18F3NO2. The van der Waals surface area contributed by atoms with Crippen molar-refractivity contribution in [3.05, 3.63) is 71.3 Å². The Morgan fingerprint density at radius 1 is 1.08 bits per heavy atom. The van der Waals surface area contributed by atoms with Gasteiger partial charge in [-0.15, -0.1) is 0 Å². The monoisotopic (exact) mass is 349 g/mol. The number of carboxylic acid groups (broad SMARTS) is 1. The predicted molar refractivity (Wildman–Crippen MR) is 87.1 cm³/mol. The quantitative estimate of drug-likeness (QED) is 0.892. The maximum absolute atomic E-state index is 13.5. The first-order chi connectivity index (χ1) is 11.9. The minimum Gasteiger partial charge on any atom is -0.480 e. The summed E-state index contributed by atoms with van der Waals surface area (Å²) in [6.07, 6.45) is -3.41. The molecule has 0 aliphatic carbocycles. The molecule has 1 saturated heterocycles. The SMILES string of the molecule is O=C(O)C1CCCN1C(c1ccccc1)c1ccccc1C(F)(F)F. The first kappa shape index (κ1) is 17.5. The lowest BCUT2D eigenvalue weighted by atomic mass is 9.92. The summed E-state index contributed by atoms with van der Waals surface area (Å²) in [5.74, 6) is -0.997. The highest BCUT2D eigenvalue weighted by atomic mass is 19.4. The molecular weight excluding hydrogens is 331 g/mol. The van der Waals surface area contributed by atoms with Gasteiger partial charge in [-0.3, -0.25) is 9.69 Å². The number of aliphatic carboxylic acids is 1. The molecule has 1 N–H and O–H groups in total. The maximum atomic E-state index is 13.5. The average Bonchev–Trinajstić information content (AvgIpc) is 3.05. The van der Waals surface area contributed by atoms with Crippen molar-refractivity contribution in [2.45, 2.75) is 31.1 Å². The van der Waals surface area contributed by atoms with Crippen LogP contribution in [0.4, 0.5) is 13.2 Å². The lowest BCUT2D eigenvalue weighted by molar-refractivity contribution is -0.143. The standard InChI is InChI=1S/C19H18F3NO2/c20-19(21,22)15-10-5-4-9-14(15)17(13-7-2-1-3-8-13)23-12-6-11-16(23)18(24)25/h1-5,7-10,16-17H,6,11-12H2,(H,24,25). The summed E-state index contributed by atoms with van der Waals surface area (Å²) in [5.41, 5.74) is 0.0293. The topological polar surface area (TPSA) is 40.5 Å². The minimum atomic E-state index is -4.50. The second-order valence-electron chi connectivity index (χ2n) is 6.13. The van der Waals surface area contributed by atoms with Gasteiger partial charge >= 0.3 is 12.1 Å². The Kier molecular flexibility index (Phi) is 4.81. The van der Waals surface area contributed by atoms with Gasteiger partial charge in [-0.2, -0.15) is 13.2 Å². The van der Waals surface area contributed by atoms with Crippen molar-refractivity contribution >= 4 is 5.97 Å². The number of hydrogen-bond acceptors (Lipinski definition) is 2. The molecule has 0 radical (unpaired) electrons. The van der Waals surface area contributed by atoms with Gasteiger partial charge < -0.3 is 5.11 Å². The van der Waals surface area contributed by atoms with Gasteiger partial charge in [-0.25, -0.2) is 0 Å². The Hall–Kier alpha value is -2.34. The molecule has 3 nitrogen and oxygen atoms in total. The zero-order chi connectivity index (χ0) is 18.0. The Bertz CT molecular complexity index is 746. The van der Waals surface area contributed by atoms with E-state index in [4.69, 9.17) is 0 Å². The fourth-order valence-corrected chi connectivity index (χ4v) is 3.54. The summed E-state index contributed by atoms with van der Waals surface area (Å²) >= 11 is 0. The number of rotatable bonds is 4. The largest absolute Gasteiger partial charge is 0.480 e. The molecule has 1 aliphatic heterocycles. The molecule has 2 unspecified atom stereocenters. The van der Waals surface area contributed by atoms with E-state index in [0.29, 0.717) is 24.9 Å². The van der Waals surface area contributed by atoms with Crippen molar-refractivity contribution in [3.8, 4) is 0 Å². The van der Waals surface area contributed by atoms with E-state index in [1.807, 2.05) is 0 Å². The van der Waals surface area contributed by atoms with E-state index in [2.05, 4.69) is 0 Å². The summed E-state index contributed by atoms with van der Waals surface area (Å²) in [5, 5.41) is 9.49. The van der Waals surface area contributed by atoms with Crippen molar-refractivity contribution in [2.24, 2.45) is 0 Å². The molecule has 1 fully saturated rings. The normalized spacial score (nSPS) is 19.7. The Balaban J connectivity index is 2.15. The number of benzene rings is 2. The van der Waals surface area contributed by atoms with Gasteiger partial charge in [-0.05, 0) is 30.0 Å². The molecule has 0 bridgehead atoms. The van der Waals surface area contributed by atoms with E-state index in [0.717, 1.165) is 6.07 Å². The molecule has 2 aromatic rings. The molecule has 0 saturated carbocycles. The van der Waals surface area contributed by atoms with Gasteiger partial charge in [0.05, 0.1) is 11.6 Å². The lowest BCUT2D eigenvalue weighted by Crippen LogP contribution is -2.39. The molecule has 2 atom stereocenters. The number of likely N-dealkylation sites (tertiary alicyclic amines) is 1. The molecule has 6 heteroatoms. The Labute approximate surface area is 143 Å². The second-order valence-corrected chi connectivity index (χ2v) is 6.13. The van der Waals surface area contributed by atoms with E-state index >= 15 is 0 Å². The second kappa shape index (κ2) is 6.88. The third-order valence-electron chi connectivity index (χ3n) is 4.59. The van der Waals surface area contributed by atoms with Crippen LogP contribution in [0, 0.1) is 0 Å². The highest BCUT2D eigenvalue weighted by molar-refractivity contribution is 5.74. The minimum absolute atomic E-state index is 0.0920. The molecule has 0 spiro atoms. The number of nitrogens with zero attached hydrogens (tertiary/aromatic N) is 1. The summed E-state index contributed by atoms with van der Waals surface area (Å²) in [6, 6.07) is 12.7. The fraction of sp³-hybridized carbons (Fsp3) is 0.316. The van der Waals surface area contributed by atoms with Gasteiger partial charge in [0.2, 0.25) is 0 Å². The summed E-state index contributed by atoms with van der Waals surface area (Å²) < 4.78 is 40.6. The molecule has 1 heterocycles. The van der Waals surface area contributed by atoms with E-state index in [9.17, 15) is 23.1 Å². The van der Waals surface area contributed by atoms with Gasteiger partial charge in [-0.1, -0.05) is 48.5 Å². The molecule has 25 heavy (non-hydrogen) atoms. The molecule has 3 rings (SSSR count). The maximum Gasteiger partial charge on any atom is 0.416 e. The highest BCUT2D eigenvalue weighted by Gasteiger charge is 2.41. The number of carboxylic acids is 1. The molecule has 0 aromatic heterocycles. The zero-order valence-corrected chi connectivity index (χ0v) is 13.4. The van der Waals surface area contributed by atoms with Crippen LogP contribution in [-0.4, -0.2) is 28.6 Å². The Morgan fingerprint density at radius 3 is 2.36 bits per heavy atom. The van der Waals surface area contributed by atoms with E-state index < -0.39 is 29.8 Å². The number of halogens is 3. The summed E-state index contributed by atoms with van der Waals surface area (Å²) in [6.45, 7) is 0.447. The van der Waals surface area contributed by atoms with Crippen LogP contribution in [0.15, 0.2) is 54.6 Å². The lowest BCUT2D eigenvalue weighted by Gasteiger charge is -2.33. The molecule has 1 aliphatic rings. The van der Waals surface area contributed by atoms with Gasteiger partial charge in [0.1, 0.15) is 6.04 Å². The average molecular weight is 349 g/mol. The fourth-order valence-electron chi connectivity index (χ4n) is 3.54. The third kappa shape index (κ3) is 3.54. The first-order valence-corrected chi connectivity index (χ1v) is 8.09. The van der Waals surface area contributed by atoms with Crippen LogP contribution in [0.25, 0.3) is 0 Å². The van der Waals surface area contributed by atoms with Gasteiger partial charge in [0.15, 0.2) is 0 Å². The van der Waals surface area contributed by atoms with E-state index in [-0.39, 0.29) is 5.56 Å². The Morgan fingerprint density at radius 2 is 1.72 bits per heavy atom. The van der Waals surface area contributed by atoms with Crippen molar-refractivity contribution in [1.82, 2.24) is 4.90 Å². The van der Waals surface area contributed by atoms with Crippen LogP contribution in [0.3, 0.4) is 0 Å². The van der Waals surface area contributed by atoms with Crippen molar-refractivity contribution in [1.29, 1.82) is 0 Å². The molecule has 132 valence electrons. The van der Waals surface area contributed by atoms with Crippen LogP contribution < -0.4 is 0 Å². The molecule has 2 aromatic carbocycles. The van der Waals surface area contributed by atoms with E-state index in [1.165, 1.54) is 12.1 Å². The van der Waals surface area contributed by atoms with Crippen LogP contribution in [0.1, 0.15) is 35.6 Å². The number of alkyl halides is 3. The number of carbonyl (C=O) groups is 1. The van der Waals surface area contributed by atoms with Crippen LogP contribution in [-0.2, 0) is 11.0 Å². The van der Waals surface area contributed by atoms with Crippen LogP contribution in [0.2, 0.25) is 0 Å².